The Morgan fingerprint density at radius 1 is 1.35 bits per heavy atom. The average Bonchev–Trinajstić information content (AvgIpc) is 2.85. The summed E-state index contributed by atoms with van der Waals surface area (Å²) >= 11 is 1.32. The van der Waals surface area contributed by atoms with Crippen molar-refractivity contribution in [3.05, 3.63) is 45.4 Å². The number of nitrogens with zero attached hydrogens (tertiary/aromatic N) is 1. The first-order valence-electron chi connectivity index (χ1n) is 6.25. The summed E-state index contributed by atoms with van der Waals surface area (Å²) in [6, 6.07) is 6.11. The third kappa shape index (κ3) is 3.79. The quantitative estimate of drug-likeness (QED) is 0.502. The fraction of sp³-hybridized carbons (Fsp3) is 0.286. The highest BCUT2D eigenvalue weighted by Crippen LogP contribution is 2.17. The molecule has 1 heterocycles. The fourth-order valence-electron chi connectivity index (χ4n) is 1.87. The van der Waals surface area contributed by atoms with Gasteiger partial charge in [0.25, 0.3) is 5.91 Å². The Labute approximate surface area is 121 Å². The number of nitrogens with one attached hydrogen (secondary N) is 1. The van der Waals surface area contributed by atoms with Gasteiger partial charge in [-0.3, -0.25) is 10.2 Å². The minimum absolute atomic E-state index is 0.316. The van der Waals surface area contributed by atoms with Gasteiger partial charge in [0.1, 0.15) is 10.6 Å². The standard InChI is InChI=1S/C14H17N3O2S/c1-9-5-10(2)7-11(6-9)19-4-3-13-16-8-12(20-13)14(18)17-15/h5-8H,3-4,15H2,1-2H3,(H,17,18). The molecular weight excluding hydrogens is 274 g/mol. The number of carbonyl (C=O) groups is 1. The molecule has 20 heavy (non-hydrogen) atoms. The third-order valence-electron chi connectivity index (χ3n) is 2.69. The van der Waals surface area contributed by atoms with E-state index in [2.05, 4.69) is 16.5 Å². The van der Waals surface area contributed by atoms with Crippen LogP contribution in [0.3, 0.4) is 0 Å². The normalized spacial score (nSPS) is 10.3. The lowest BCUT2D eigenvalue weighted by molar-refractivity contribution is 0.0957. The molecule has 106 valence electrons. The zero-order valence-corrected chi connectivity index (χ0v) is 12.3. The van der Waals surface area contributed by atoms with E-state index in [1.54, 1.807) is 0 Å². The Hall–Kier alpha value is -1.92. The lowest BCUT2D eigenvalue weighted by atomic mass is 10.1. The van der Waals surface area contributed by atoms with E-state index >= 15 is 0 Å². The van der Waals surface area contributed by atoms with Crippen LogP contribution in [0, 0.1) is 13.8 Å². The Kier molecular flexibility index (Phi) is 4.70. The van der Waals surface area contributed by atoms with Crippen molar-refractivity contribution < 1.29 is 9.53 Å². The number of rotatable bonds is 5. The van der Waals surface area contributed by atoms with E-state index in [9.17, 15) is 4.79 Å². The van der Waals surface area contributed by atoms with Crippen LogP contribution in [-0.4, -0.2) is 17.5 Å². The van der Waals surface area contributed by atoms with Crippen LogP contribution in [0.2, 0.25) is 0 Å². The van der Waals surface area contributed by atoms with Gasteiger partial charge in [-0.1, -0.05) is 6.07 Å². The molecule has 0 fully saturated rings. The molecule has 0 aliphatic rings. The SMILES string of the molecule is Cc1cc(C)cc(OCCc2ncc(C(=O)NN)s2)c1. The summed E-state index contributed by atoms with van der Waals surface area (Å²) in [5.41, 5.74) is 4.44. The minimum atomic E-state index is -0.316. The molecule has 2 rings (SSSR count). The number of carbonyl (C=O) groups excluding carboxylic acids is 1. The third-order valence-corrected chi connectivity index (χ3v) is 3.74. The summed E-state index contributed by atoms with van der Waals surface area (Å²) in [6.07, 6.45) is 2.19. The fourth-order valence-corrected chi connectivity index (χ4v) is 2.68. The Morgan fingerprint density at radius 3 is 2.70 bits per heavy atom. The van der Waals surface area contributed by atoms with Crippen molar-refractivity contribution in [3.8, 4) is 5.75 Å². The van der Waals surface area contributed by atoms with Gasteiger partial charge in [0.15, 0.2) is 0 Å². The maximum Gasteiger partial charge on any atom is 0.276 e. The van der Waals surface area contributed by atoms with Crippen LogP contribution in [0.1, 0.15) is 25.8 Å². The number of thiazole rings is 1. The number of nitrogen functional groups attached to an aromatic ring is 1. The molecule has 0 aliphatic heterocycles. The van der Waals surface area contributed by atoms with Crippen LogP contribution in [0.5, 0.6) is 5.75 Å². The van der Waals surface area contributed by atoms with Crippen LogP contribution in [0.4, 0.5) is 0 Å². The second-order valence-corrected chi connectivity index (χ2v) is 5.63. The van der Waals surface area contributed by atoms with Gasteiger partial charge < -0.3 is 4.74 Å². The average molecular weight is 291 g/mol. The van der Waals surface area contributed by atoms with Crippen molar-refractivity contribution >= 4 is 17.2 Å². The first-order chi connectivity index (χ1) is 9.58. The van der Waals surface area contributed by atoms with Crippen molar-refractivity contribution in [1.29, 1.82) is 0 Å². The lowest BCUT2D eigenvalue weighted by Gasteiger charge is -2.07. The molecule has 0 radical (unpaired) electrons. The van der Waals surface area contributed by atoms with E-state index < -0.39 is 0 Å². The number of benzene rings is 1. The summed E-state index contributed by atoms with van der Waals surface area (Å²) < 4.78 is 5.71. The smallest absolute Gasteiger partial charge is 0.276 e. The first kappa shape index (κ1) is 14.5. The van der Waals surface area contributed by atoms with Gasteiger partial charge in [-0.2, -0.15) is 0 Å². The van der Waals surface area contributed by atoms with E-state index in [4.69, 9.17) is 10.6 Å². The zero-order chi connectivity index (χ0) is 14.5. The number of aryl methyl sites for hydroxylation is 2. The van der Waals surface area contributed by atoms with Crippen LogP contribution in [0.15, 0.2) is 24.4 Å². The van der Waals surface area contributed by atoms with Gasteiger partial charge in [-0.15, -0.1) is 11.3 Å². The molecule has 0 saturated carbocycles. The van der Waals surface area contributed by atoms with Crippen molar-refractivity contribution in [2.24, 2.45) is 5.84 Å². The van der Waals surface area contributed by atoms with E-state index in [1.165, 1.54) is 28.7 Å². The number of aromatic nitrogens is 1. The lowest BCUT2D eigenvalue weighted by Crippen LogP contribution is -2.29. The number of ether oxygens (including phenoxy) is 1. The summed E-state index contributed by atoms with van der Waals surface area (Å²) in [5, 5.41) is 0.855. The molecule has 1 aromatic heterocycles. The Morgan fingerprint density at radius 2 is 2.05 bits per heavy atom. The molecule has 2 aromatic rings. The van der Waals surface area contributed by atoms with Crippen LogP contribution in [-0.2, 0) is 6.42 Å². The summed E-state index contributed by atoms with van der Waals surface area (Å²) in [6.45, 7) is 4.61. The zero-order valence-electron chi connectivity index (χ0n) is 11.5. The van der Waals surface area contributed by atoms with Crippen molar-refractivity contribution in [1.82, 2.24) is 10.4 Å². The predicted molar refractivity (Wildman–Crippen MR) is 78.9 cm³/mol. The highest BCUT2D eigenvalue weighted by Gasteiger charge is 2.09. The number of hydrogen-bond acceptors (Lipinski definition) is 5. The monoisotopic (exact) mass is 291 g/mol. The van der Waals surface area contributed by atoms with Crippen LogP contribution >= 0.6 is 11.3 Å². The van der Waals surface area contributed by atoms with Gasteiger partial charge in [-0.05, 0) is 37.1 Å². The molecule has 0 spiro atoms. The predicted octanol–water partition coefficient (Wildman–Crippen LogP) is 1.98. The number of hydrogen-bond donors (Lipinski definition) is 2. The molecule has 6 heteroatoms. The maximum atomic E-state index is 11.3. The second-order valence-electron chi connectivity index (χ2n) is 4.51. The van der Waals surface area contributed by atoms with E-state index in [1.807, 2.05) is 26.0 Å². The number of hydrazine groups is 1. The topological polar surface area (TPSA) is 77.2 Å². The molecule has 1 aromatic carbocycles. The molecule has 0 aliphatic carbocycles. The van der Waals surface area contributed by atoms with E-state index in [0.29, 0.717) is 17.9 Å². The molecule has 1 amide bonds. The molecular formula is C14H17N3O2S. The van der Waals surface area contributed by atoms with Gasteiger partial charge in [0, 0.05) is 6.42 Å². The number of nitrogens with two attached hydrogens (primary N) is 1. The molecule has 0 unspecified atom stereocenters. The highest BCUT2D eigenvalue weighted by molar-refractivity contribution is 7.13. The largest absolute Gasteiger partial charge is 0.493 e. The van der Waals surface area contributed by atoms with Gasteiger partial charge >= 0.3 is 0 Å². The second kappa shape index (κ2) is 6.49. The minimum Gasteiger partial charge on any atom is -0.493 e. The molecule has 0 bridgehead atoms. The highest BCUT2D eigenvalue weighted by atomic mass is 32.1. The van der Waals surface area contributed by atoms with Crippen molar-refractivity contribution in [2.45, 2.75) is 20.3 Å². The summed E-state index contributed by atoms with van der Waals surface area (Å²) in [5.74, 6) is 5.62. The van der Waals surface area contributed by atoms with Crippen molar-refractivity contribution in [3.63, 3.8) is 0 Å². The Balaban J connectivity index is 1.89. The molecule has 0 saturated heterocycles. The Bertz CT molecular complexity index is 590. The van der Waals surface area contributed by atoms with Gasteiger partial charge in [0.05, 0.1) is 17.8 Å². The molecule has 0 atom stereocenters. The van der Waals surface area contributed by atoms with Gasteiger partial charge in [0.2, 0.25) is 0 Å². The summed E-state index contributed by atoms with van der Waals surface area (Å²) in [7, 11) is 0. The first-order valence-corrected chi connectivity index (χ1v) is 7.07. The van der Waals surface area contributed by atoms with Crippen LogP contribution in [0.25, 0.3) is 0 Å². The van der Waals surface area contributed by atoms with Gasteiger partial charge in [-0.25, -0.2) is 10.8 Å². The molecule has 3 N–H and O–H groups in total. The van der Waals surface area contributed by atoms with E-state index in [0.717, 1.165) is 10.8 Å². The van der Waals surface area contributed by atoms with E-state index in [-0.39, 0.29) is 5.91 Å². The molecule has 5 nitrogen and oxygen atoms in total. The maximum absolute atomic E-state index is 11.3. The van der Waals surface area contributed by atoms with Crippen LogP contribution < -0.4 is 16.0 Å². The summed E-state index contributed by atoms with van der Waals surface area (Å²) in [4.78, 5) is 16.0. The van der Waals surface area contributed by atoms with Crippen molar-refractivity contribution in [2.75, 3.05) is 6.61 Å². The number of amides is 1.